The lowest BCUT2D eigenvalue weighted by atomic mass is 10.1. The van der Waals surface area contributed by atoms with Gasteiger partial charge in [-0.3, -0.25) is 0 Å². The summed E-state index contributed by atoms with van der Waals surface area (Å²) in [7, 11) is -3.40. The first-order valence-corrected chi connectivity index (χ1v) is 11.0. The molecule has 0 aliphatic carbocycles. The highest BCUT2D eigenvalue weighted by Gasteiger charge is 2.20. The van der Waals surface area contributed by atoms with Crippen LogP contribution in [0.4, 0.5) is 0 Å². The predicted octanol–water partition coefficient (Wildman–Crippen LogP) is 5.07. The number of hydrogen-bond acceptors (Lipinski definition) is 6. The molecule has 0 aliphatic heterocycles. The van der Waals surface area contributed by atoms with Gasteiger partial charge in [0.05, 0.1) is 10.8 Å². The van der Waals surface area contributed by atoms with E-state index in [0.29, 0.717) is 27.9 Å². The smallest absolute Gasteiger partial charge is 0.293 e. The van der Waals surface area contributed by atoms with Crippen LogP contribution in [0.1, 0.15) is 16.9 Å². The third-order valence-corrected chi connectivity index (χ3v) is 6.22. The predicted molar refractivity (Wildman–Crippen MR) is 110 cm³/mol. The SMILES string of the molecule is Cc1ccccc1CS(=O)(=O)Cc1ccc(-c2nc(-c3ccccc3Cl)no2)o1. The van der Waals surface area contributed by atoms with Crippen molar-refractivity contribution in [2.24, 2.45) is 0 Å². The van der Waals surface area contributed by atoms with Gasteiger partial charge in [0.25, 0.3) is 5.89 Å². The average molecular weight is 429 g/mol. The van der Waals surface area contributed by atoms with Crippen molar-refractivity contribution in [1.29, 1.82) is 0 Å². The monoisotopic (exact) mass is 428 g/mol. The Hall–Kier alpha value is -2.90. The molecule has 2 aromatic heterocycles. The van der Waals surface area contributed by atoms with Gasteiger partial charge in [0, 0.05) is 5.56 Å². The fourth-order valence-electron chi connectivity index (χ4n) is 2.92. The lowest BCUT2D eigenvalue weighted by Gasteiger charge is -2.06. The van der Waals surface area contributed by atoms with Crippen molar-refractivity contribution in [2.45, 2.75) is 18.4 Å². The average Bonchev–Trinajstić information content (AvgIpc) is 3.33. The highest BCUT2D eigenvalue weighted by Crippen LogP contribution is 2.28. The van der Waals surface area contributed by atoms with E-state index in [0.717, 1.165) is 11.1 Å². The maximum Gasteiger partial charge on any atom is 0.293 e. The molecule has 148 valence electrons. The van der Waals surface area contributed by atoms with Gasteiger partial charge in [0.1, 0.15) is 11.5 Å². The second-order valence-corrected chi connectivity index (χ2v) is 9.10. The molecule has 6 nitrogen and oxygen atoms in total. The third-order valence-electron chi connectivity index (χ3n) is 4.41. The van der Waals surface area contributed by atoms with Crippen molar-refractivity contribution in [1.82, 2.24) is 10.1 Å². The molecule has 4 rings (SSSR count). The van der Waals surface area contributed by atoms with Gasteiger partial charge in [-0.05, 0) is 42.3 Å². The molecule has 0 N–H and O–H groups in total. The molecular formula is C21H17ClN2O4S. The highest BCUT2D eigenvalue weighted by atomic mass is 35.5. The Balaban J connectivity index is 1.52. The number of aryl methyl sites for hydroxylation is 1. The van der Waals surface area contributed by atoms with Gasteiger partial charge in [-0.25, -0.2) is 8.42 Å². The Kier molecular flexibility index (Phi) is 5.25. The number of aromatic nitrogens is 2. The molecule has 0 aliphatic rings. The second-order valence-electron chi connectivity index (χ2n) is 6.63. The number of benzene rings is 2. The molecule has 0 amide bonds. The summed E-state index contributed by atoms with van der Waals surface area (Å²) in [4.78, 5) is 4.30. The lowest BCUT2D eigenvalue weighted by molar-refractivity contribution is 0.413. The minimum absolute atomic E-state index is 0.0487. The summed E-state index contributed by atoms with van der Waals surface area (Å²) in [6, 6.07) is 17.8. The van der Waals surface area contributed by atoms with E-state index in [-0.39, 0.29) is 17.4 Å². The fraction of sp³-hybridized carbons (Fsp3) is 0.143. The zero-order chi connectivity index (χ0) is 20.4. The van der Waals surface area contributed by atoms with Crippen molar-refractivity contribution < 1.29 is 17.4 Å². The summed E-state index contributed by atoms with van der Waals surface area (Å²) in [5.41, 5.74) is 2.35. The summed E-state index contributed by atoms with van der Waals surface area (Å²) in [5.74, 6) is 0.834. The number of halogens is 1. The van der Waals surface area contributed by atoms with Crippen molar-refractivity contribution in [3.8, 4) is 23.0 Å². The first kappa shape index (κ1) is 19.4. The van der Waals surface area contributed by atoms with Crippen molar-refractivity contribution >= 4 is 21.4 Å². The fourth-order valence-corrected chi connectivity index (χ4v) is 4.63. The Labute approximate surface area is 173 Å². The molecule has 8 heteroatoms. The molecule has 0 fully saturated rings. The normalized spacial score (nSPS) is 11.7. The van der Waals surface area contributed by atoms with Crippen LogP contribution >= 0.6 is 11.6 Å². The standard InChI is InChI=1S/C21H17ClN2O4S/c1-14-6-2-3-7-15(14)12-29(25,26)13-16-10-11-19(27-16)21-23-20(24-28-21)17-8-4-5-9-18(17)22/h2-11H,12-13H2,1H3. The molecule has 0 bridgehead atoms. The molecule has 0 radical (unpaired) electrons. The van der Waals surface area contributed by atoms with Crippen molar-refractivity contribution in [2.75, 3.05) is 0 Å². The molecule has 0 spiro atoms. The molecular weight excluding hydrogens is 412 g/mol. The number of hydrogen-bond donors (Lipinski definition) is 0. The van der Waals surface area contributed by atoms with E-state index in [1.165, 1.54) is 0 Å². The first-order valence-electron chi connectivity index (χ1n) is 8.84. The molecule has 2 heterocycles. The summed E-state index contributed by atoms with van der Waals surface area (Å²) >= 11 is 6.16. The van der Waals surface area contributed by atoms with Gasteiger partial charge in [-0.1, -0.05) is 53.2 Å². The van der Waals surface area contributed by atoms with Gasteiger partial charge in [-0.15, -0.1) is 0 Å². The number of sulfone groups is 1. The molecule has 4 aromatic rings. The zero-order valence-electron chi connectivity index (χ0n) is 15.5. The van der Waals surface area contributed by atoms with E-state index in [9.17, 15) is 8.42 Å². The van der Waals surface area contributed by atoms with Gasteiger partial charge >= 0.3 is 0 Å². The van der Waals surface area contributed by atoms with Crippen LogP contribution in [-0.4, -0.2) is 18.6 Å². The lowest BCUT2D eigenvalue weighted by Crippen LogP contribution is -2.08. The summed E-state index contributed by atoms with van der Waals surface area (Å²) in [6.07, 6.45) is 0. The van der Waals surface area contributed by atoms with Crippen LogP contribution in [-0.2, 0) is 21.3 Å². The number of rotatable bonds is 6. The van der Waals surface area contributed by atoms with Gasteiger partial charge in [0.15, 0.2) is 15.6 Å². The molecule has 0 saturated carbocycles. The van der Waals surface area contributed by atoms with E-state index in [1.807, 2.05) is 43.3 Å². The van der Waals surface area contributed by atoms with E-state index in [2.05, 4.69) is 10.1 Å². The largest absolute Gasteiger partial charge is 0.455 e. The second kappa shape index (κ2) is 7.85. The van der Waals surface area contributed by atoms with Gasteiger partial charge < -0.3 is 8.94 Å². The van der Waals surface area contributed by atoms with Crippen LogP contribution in [0.2, 0.25) is 5.02 Å². The molecule has 0 saturated heterocycles. The van der Waals surface area contributed by atoms with Crippen LogP contribution < -0.4 is 0 Å². The third kappa shape index (κ3) is 4.41. The maximum atomic E-state index is 12.6. The zero-order valence-corrected chi connectivity index (χ0v) is 17.1. The van der Waals surface area contributed by atoms with Crippen LogP contribution in [0.15, 0.2) is 69.6 Å². The molecule has 0 atom stereocenters. The Bertz CT molecular complexity index is 1260. The van der Waals surface area contributed by atoms with Crippen LogP contribution in [0.3, 0.4) is 0 Å². The van der Waals surface area contributed by atoms with Crippen LogP contribution in [0, 0.1) is 6.92 Å². The van der Waals surface area contributed by atoms with E-state index in [1.54, 1.807) is 24.3 Å². The Morgan fingerprint density at radius 3 is 2.52 bits per heavy atom. The molecule has 0 unspecified atom stereocenters. The molecule has 2 aromatic carbocycles. The van der Waals surface area contributed by atoms with Gasteiger partial charge in [-0.2, -0.15) is 4.98 Å². The van der Waals surface area contributed by atoms with Crippen LogP contribution in [0.25, 0.3) is 23.0 Å². The topological polar surface area (TPSA) is 86.2 Å². The maximum absolute atomic E-state index is 12.6. The van der Waals surface area contributed by atoms with E-state index >= 15 is 0 Å². The minimum Gasteiger partial charge on any atom is -0.455 e. The number of furan rings is 1. The van der Waals surface area contributed by atoms with E-state index < -0.39 is 9.84 Å². The number of nitrogens with zero attached hydrogens (tertiary/aromatic N) is 2. The van der Waals surface area contributed by atoms with Crippen LogP contribution in [0.5, 0.6) is 0 Å². The first-order chi connectivity index (χ1) is 13.9. The van der Waals surface area contributed by atoms with Crippen molar-refractivity contribution in [3.63, 3.8) is 0 Å². The summed E-state index contributed by atoms with van der Waals surface area (Å²) in [5, 5.41) is 4.43. The summed E-state index contributed by atoms with van der Waals surface area (Å²) < 4.78 is 36.0. The van der Waals surface area contributed by atoms with Gasteiger partial charge in [0.2, 0.25) is 5.82 Å². The highest BCUT2D eigenvalue weighted by molar-refractivity contribution is 7.89. The minimum atomic E-state index is -3.40. The molecule has 29 heavy (non-hydrogen) atoms. The quantitative estimate of drug-likeness (QED) is 0.426. The summed E-state index contributed by atoms with van der Waals surface area (Å²) in [6.45, 7) is 1.89. The Morgan fingerprint density at radius 2 is 1.72 bits per heavy atom. The van der Waals surface area contributed by atoms with E-state index in [4.69, 9.17) is 20.5 Å². The van der Waals surface area contributed by atoms with Crippen molar-refractivity contribution in [3.05, 3.63) is 82.6 Å². The Morgan fingerprint density at radius 1 is 0.966 bits per heavy atom.